The van der Waals surface area contributed by atoms with Crippen molar-refractivity contribution in [1.82, 2.24) is 14.7 Å². The zero-order valence-corrected chi connectivity index (χ0v) is 16.1. The van der Waals surface area contributed by atoms with Crippen LogP contribution in [-0.4, -0.2) is 34.6 Å². The molecule has 2 heterocycles. The first-order valence-electron chi connectivity index (χ1n) is 9.05. The van der Waals surface area contributed by atoms with E-state index < -0.39 is 0 Å². The van der Waals surface area contributed by atoms with Crippen molar-refractivity contribution in [3.63, 3.8) is 0 Å². The number of para-hydroxylation sites is 1. The van der Waals surface area contributed by atoms with E-state index in [1.165, 1.54) is 0 Å². The average molecular weight is 378 g/mol. The highest BCUT2D eigenvalue weighted by atomic mass is 16.7. The van der Waals surface area contributed by atoms with Crippen LogP contribution in [0.4, 0.5) is 10.5 Å². The maximum absolute atomic E-state index is 12.6. The number of ether oxygens (including phenoxy) is 2. The van der Waals surface area contributed by atoms with Gasteiger partial charge in [0.05, 0.1) is 17.9 Å². The summed E-state index contributed by atoms with van der Waals surface area (Å²) in [5.74, 6) is 1.32. The summed E-state index contributed by atoms with van der Waals surface area (Å²) < 4.78 is 12.6. The van der Waals surface area contributed by atoms with Gasteiger partial charge in [-0.25, -0.2) is 9.48 Å². The number of carbonyl (C=O) groups excluding carboxylic acids is 1. The van der Waals surface area contributed by atoms with Gasteiger partial charge in [-0.1, -0.05) is 18.2 Å². The first-order valence-corrected chi connectivity index (χ1v) is 9.05. The second kappa shape index (κ2) is 7.26. The number of hydrogen-bond acceptors (Lipinski definition) is 4. The second-order valence-corrected chi connectivity index (χ2v) is 6.75. The highest BCUT2D eigenvalue weighted by molar-refractivity contribution is 5.89. The van der Waals surface area contributed by atoms with E-state index in [0.717, 1.165) is 22.6 Å². The van der Waals surface area contributed by atoms with Gasteiger partial charge >= 0.3 is 6.03 Å². The molecule has 1 N–H and O–H groups in total. The molecule has 28 heavy (non-hydrogen) atoms. The Morgan fingerprint density at radius 1 is 1.14 bits per heavy atom. The predicted octanol–water partition coefficient (Wildman–Crippen LogP) is 3.88. The Morgan fingerprint density at radius 2 is 1.89 bits per heavy atom. The fourth-order valence-electron chi connectivity index (χ4n) is 3.23. The van der Waals surface area contributed by atoms with Crippen molar-refractivity contribution in [3.8, 4) is 17.2 Å². The van der Waals surface area contributed by atoms with Gasteiger partial charge in [-0.15, -0.1) is 0 Å². The molecule has 0 radical (unpaired) electrons. The van der Waals surface area contributed by atoms with Crippen LogP contribution in [0.5, 0.6) is 11.5 Å². The highest BCUT2D eigenvalue weighted by Gasteiger charge is 2.19. The lowest BCUT2D eigenvalue weighted by molar-refractivity contribution is 0.174. The number of benzene rings is 2. The van der Waals surface area contributed by atoms with Crippen molar-refractivity contribution in [1.29, 1.82) is 0 Å². The van der Waals surface area contributed by atoms with E-state index in [9.17, 15) is 4.79 Å². The molecule has 7 nitrogen and oxygen atoms in total. The Kier molecular flexibility index (Phi) is 4.65. The molecule has 1 aliphatic rings. The molecule has 0 saturated carbocycles. The molecule has 1 aliphatic heterocycles. The molecule has 0 aliphatic carbocycles. The summed E-state index contributed by atoms with van der Waals surface area (Å²) in [4.78, 5) is 14.3. The molecule has 1 aromatic heterocycles. The Hall–Kier alpha value is -3.48. The van der Waals surface area contributed by atoms with Crippen LogP contribution in [0.3, 0.4) is 0 Å². The van der Waals surface area contributed by atoms with Crippen LogP contribution in [0, 0.1) is 13.8 Å². The van der Waals surface area contributed by atoms with E-state index in [2.05, 4.69) is 10.4 Å². The molecule has 0 unspecified atom stereocenters. The Balaban J connectivity index is 1.48. The number of hydrogen-bond donors (Lipinski definition) is 1. The number of nitrogens with one attached hydrogen (secondary N) is 1. The number of nitrogens with zero attached hydrogens (tertiary/aromatic N) is 3. The summed E-state index contributed by atoms with van der Waals surface area (Å²) >= 11 is 0. The van der Waals surface area contributed by atoms with E-state index in [0.29, 0.717) is 23.7 Å². The smallest absolute Gasteiger partial charge is 0.321 e. The van der Waals surface area contributed by atoms with Gasteiger partial charge in [0.25, 0.3) is 0 Å². The van der Waals surface area contributed by atoms with Crippen molar-refractivity contribution in [2.75, 3.05) is 19.2 Å². The van der Waals surface area contributed by atoms with Crippen molar-refractivity contribution in [2.24, 2.45) is 0 Å². The summed E-state index contributed by atoms with van der Waals surface area (Å²) in [5.41, 5.74) is 4.62. The number of anilines is 1. The van der Waals surface area contributed by atoms with Gasteiger partial charge in [-0.3, -0.25) is 0 Å². The molecule has 0 bridgehead atoms. The molecule has 7 heteroatoms. The lowest BCUT2D eigenvalue weighted by Crippen LogP contribution is -2.31. The highest BCUT2D eigenvalue weighted by Crippen LogP contribution is 2.34. The van der Waals surface area contributed by atoms with Crippen LogP contribution < -0.4 is 14.8 Å². The van der Waals surface area contributed by atoms with Gasteiger partial charge in [0.1, 0.15) is 0 Å². The first-order chi connectivity index (χ1) is 13.5. The van der Waals surface area contributed by atoms with Crippen molar-refractivity contribution in [3.05, 3.63) is 65.5 Å². The molecule has 2 amide bonds. The maximum Gasteiger partial charge on any atom is 0.321 e. The van der Waals surface area contributed by atoms with E-state index in [1.807, 2.05) is 48.9 Å². The second-order valence-electron chi connectivity index (χ2n) is 6.75. The molecule has 3 aromatic rings. The Labute approximate surface area is 163 Å². The SMILES string of the molecule is Cc1nn(-c2ccccc2)c(C)c1CN(C)C(=O)Nc1ccc2c(c1)OCO2. The fraction of sp³-hybridized carbons (Fsp3) is 0.238. The number of fused-ring (bicyclic) bond motifs is 1. The predicted molar refractivity (Wildman–Crippen MR) is 106 cm³/mol. The number of rotatable bonds is 4. The minimum absolute atomic E-state index is 0.204. The number of carbonyl (C=O) groups is 1. The summed E-state index contributed by atoms with van der Waals surface area (Å²) in [6, 6.07) is 15.1. The van der Waals surface area contributed by atoms with Crippen LogP contribution in [0.1, 0.15) is 17.0 Å². The molecule has 0 fully saturated rings. The number of aromatic nitrogens is 2. The molecule has 4 rings (SSSR count). The van der Waals surface area contributed by atoms with E-state index in [4.69, 9.17) is 9.47 Å². The minimum Gasteiger partial charge on any atom is -0.454 e. The maximum atomic E-state index is 12.6. The summed E-state index contributed by atoms with van der Waals surface area (Å²) in [6.07, 6.45) is 0. The number of urea groups is 1. The van der Waals surface area contributed by atoms with E-state index in [1.54, 1.807) is 30.1 Å². The van der Waals surface area contributed by atoms with Crippen LogP contribution in [0.25, 0.3) is 5.69 Å². The van der Waals surface area contributed by atoms with Gasteiger partial charge in [0.2, 0.25) is 6.79 Å². The van der Waals surface area contributed by atoms with Gasteiger partial charge in [0.15, 0.2) is 11.5 Å². The van der Waals surface area contributed by atoms with Crippen LogP contribution in [0.15, 0.2) is 48.5 Å². The van der Waals surface area contributed by atoms with Crippen LogP contribution in [0.2, 0.25) is 0 Å². The zero-order chi connectivity index (χ0) is 19.7. The Bertz CT molecular complexity index is 1010. The van der Waals surface area contributed by atoms with Gasteiger partial charge in [-0.05, 0) is 38.1 Å². The van der Waals surface area contributed by atoms with E-state index >= 15 is 0 Å². The average Bonchev–Trinajstić information content (AvgIpc) is 3.27. The van der Waals surface area contributed by atoms with E-state index in [-0.39, 0.29) is 12.8 Å². The Morgan fingerprint density at radius 3 is 2.68 bits per heavy atom. The quantitative estimate of drug-likeness (QED) is 0.748. The lowest BCUT2D eigenvalue weighted by atomic mass is 10.2. The molecule has 0 atom stereocenters. The van der Waals surface area contributed by atoms with Crippen LogP contribution in [-0.2, 0) is 6.54 Å². The fourth-order valence-corrected chi connectivity index (χ4v) is 3.23. The van der Waals surface area contributed by atoms with Crippen molar-refractivity contribution in [2.45, 2.75) is 20.4 Å². The lowest BCUT2D eigenvalue weighted by Gasteiger charge is -2.18. The van der Waals surface area contributed by atoms with Crippen molar-refractivity contribution < 1.29 is 14.3 Å². The summed E-state index contributed by atoms with van der Waals surface area (Å²) in [7, 11) is 1.76. The molecule has 144 valence electrons. The third kappa shape index (κ3) is 3.38. The van der Waals surface area contributed by atoms with Gasteiger partial charge in [0, 0.05) is 30.1 Å². The molecule has 0 saturated heterocycles. The summed E-state index contributed by atoms with van der Waals surface area (Å²) in [6.45, 7) is 4.65. The number of amides is 2. The van der Waals surface area contributed by atoms with Gasteiger partial charge < -0.3 is 19.7 Å². The third-order valence-electron chi connectivity index (χ3n) is 4.81. The zero-order valence-electron chi connectivity index (χ0n) is 16.1. The van der Waals surface area contributed by atoms with Crippen LogP contribution >= 0.6 is 0 Å². The monoisotopic (exact) mass is 378 g/mol. The number of aryl methyl sites for hydroxylation is 1. The minimum atomic E-state index is -0.204. The normalized spacial score (nSPS) is 12.1. The topological polar surface area (TPSA) is 68.6 Å². The molecular weight excluding hydrogens is 356 g/mol. The third-order valence-corrected chi connectivity index (χ3v) is 4.81. The standard InChI is InChI=1S/C21H22N4O3/c1-14-18(15(2)25(23-14)17-7-5-4-6-8-17)12-24(3)21(26)22-16-9-10-19-20(11-16)28-13-27-19/h4-11H,12-13H2,1-3H3,(H,22,26). The first kappa shape index (κ1) is 17.9. The largest absolute Gasteiger partial charge is 0.454 e. The molecule has 2 aromatic carbocycles. The van der Waals surface area contributed by atoms with Crippen molar-refractivity contribution >= 4 is 11.7 Å². The molecule has 0 spiro atoms. The van der Waals surface area contributed by atoms with Gasteiger partial charge in [-0.2, -0.15) is 5.10 Å². The summed E-state index contributed by atoms with van der Waals surface area (Å²) in [5, 5.41) is 7.54. The molecular formula is C21H22N4O3.